The Bertz CT molecular complexity index is 348. The number of benzene rings is 1. The zero-order valence-electron chi connectivity index (χ0n) is 10.7. The summed E-state index contributed by atoms with van der Waals surface area (Å²) in [6.45, 7) is 9.15. The van der Waals surface area contributed by atoms with E-state index < -0.39 is 0 Å². The highest BCUT2D eigenvalue weighted by Gasteiger charge is 2.17. The molecule has 0 saturated carbocycles. The maximum Gasteiger partial charge on any atom is -0.00431 e. The Kier molecular flexibility index (Phi) is 3.65. The molecule has 0 bridgehead atoms. The second kappa shape index (κ2) is 5.01. The van der Waals surface area contributed by atoms with Crippen LogP contribution in [-0.2, 0) is 0 Å². The van der Waals surface area contributed by atoms with E-state index in [1.807, 2.05) is 0 Å². The molecule has 1 heterocycles. The number of nitrogens with one attached hydrogen (secondary N) is 1. The zero-order valence-corrected chi connectivity index (χ0v) is 10.7. The molecule has 0 amide bonds. The van der Waals surface area contributed by atoms with Crippen LogP contribution in [-0.4, -0.2) is 13.1 Å². The summed E-state index contributed by atoms with van der Waals surface area (Å²) < 4.78 is 0. The molecule has 0 radical (unpaired) electrons. The van der Waals surface area contributed by atoms with Gasteiger partial charge in [-0.15, -0.1) is 0 Å². The Morgan fingerprint density at radius 1 is 1.19 bits per heavy atom. The first kappa shape index (κ1) is 11.7. The van der Waals surface area contributed by atoms with Gasteiger partial charge < -0.3 is 5.32 Å². The van der Waals surface area contributed by atoms with Gasteiger partial charge in [-0.2, -0.15) is 0 Å². The lowest BCUT2D eigenvalue weighted by Crippen LogP contribution is -2.26. The Morgan fingerprint density at radius 2 is 1.88 bits per heavy atom. The number of piperidine rings is 1. The maximum absolute atomic E-state index is 3.43. The third kappa shape index (κ3) is 2.46. The average molecular weight is 217 g/mol. The number of aryl methyl sites for hydroxylation is 1. The summed E-state index contributed by atoms with van der Waals surface area (Å²) in [6, 6.07) is 7.05. The van der Waals surface area contributed by atoms with Crippen LogP contribution in [0.25, 0.3) is 0 Å². The summed E-state index contributed by atoms with van der Waals surface area (Å²) in [6.07, 6.45) is 2.59. The molecule has 1 fully saturated rings. The first-order chi connectivity index (χ1) is 7.68. The summed E-state index contributed by atoms with van der Waals surface area (Å²) in [5.41, 5.74) is 4.53. The molecule has 1 N–H and O–H groups in total. The minimum Gasteiger partial charge on any atom is -0.317 e. The predicted octanol–water partition coefficient (Wildman–Crippen LogP) is 3.59. The van der Waals surface area contributed by atoms with Gasteiger partial charge in [-0.3, -0.25) is 0 Å². The monoisotopic (exact) mass is 217 g/mol. The van der Waals surface area contributed by atoms with Crippen LogP contribution in [0.15, 0.2) is 18.2 Å². The molecule has 0 atom stereocenters. The molecular formula is C15H23N. The van der Waals surface area contributed by atoms with Crippen molar-refractivity contribution in [2.24, 2.45) is 0 Å². The molecule has 1 aromatic rings. The van der Waals surface area contributed by atoms with Gasteiger partial charge in [0.2, 0.25) is 0 Å². The normalized spacial score (nSPS) is 18.0. The van der Waals surface area contributed by atoms with Crippen molar-refractivity contribution >= 4 is 0 Å². The molecule has 1 aliphatic heterocycles. The average Bonchev–Trinajstić information content (AvgIpc) is 2.30. The Hall–Kier alpha value is -0.820. The van der Waals surface area contributed by atoms with E-state index in [9.17, 15) is 0 Å². The van der Waals surface area contributed by atoms with E-state index in [2.05, 4.69) is 44.3 Å². The number of hydrogen-bond donors (Lipinski definition) is 1. The van der Waals surface area contributed by atoms with Gasteiger partial charge in [0.15, 0.2) is 0 Å². The first-order valence-corrected chi connectivity index (χ1v) is 6.49. The molecule has 88 valence electrons. The van der Waals surface area contributed by atoms with Crippen LogP contribution >= 0.6 is 0 Å². The fourth-order valence-corrected chi connectivity index (χ4v) is 2.65. The SMILES string of the molecule is Cc1cc(C(C)C)ccc1C1CCNCC1. The largest absolute Gasteiger partial charge is 0.317 e. The highest BCUT2D eigenvalue weighted by atomic mass is 14.9. The van der Waals surface area contributed by atoms with Crippen molar-refractivity contribution in [3.8, 4) is 0 Å². The van der Waals surface area contributed by atoms with Gasteiger partial charge in [0.05, 0.1) is 0 Å². The van der Waals surface area contributed by atoms with E-state index in [-0.39, 0.29) is 0 Å². The van der Waals surface area contributed by atoms with Crippen LogP contribution in [0.4, 0.5) is 0 Å². The third-order valence-corrected chi connectivity index (χ3v) is 3.74. The molecule has 1 aliphatic rings. The van der Waals surface area contributed by atoms with Gasteiger partial charge in [0.1, 0.15) is 0 Å². The highest BCUT2D eigenvalue weighted by Crippen LogP contribution is 2.29. The Balaban J connectivity index is 2.21. The van der Waals surface area contributed by atoms with Crippen molar-refractivity contribution in [3.63, 3.8) is 0 Å². The standard InChI is InChI=1S/C15H23N/c1-11(2)14-4-5-15(12(3)10-14)13-6-8-16-9-7-13/h4-5,10-11,13,16H,6-9H2,1-3H3. The minimum absolute atomic E-state index is 0.640. The molecule has 1 aromatic carbocycles. The first-order valence-electron chi connectivity index (χ1n) is 6.49. The van der Waals surface area contributed by atoms with Crippen molar-refractivity contribution in [1.82, 2.24) is 5.32 Å². The fraction of sp³-hybridized carbons (Fsp3) is 0.600. The highest BCUT2D eigenvalue weighted by molar-refractivity contribution is 5.35. The number of rotatable bonds is 2. The quantitative estimate of drug-likeness (QED) is 0.798. The van der Waals surface area contributed by atoms with Crippen LogP contribution in [0.1, 0.15) is 55.2 Å². The van der Waals surface area contributed by atoms with Gasteiger partial charge in [-0.05, 0) is 61.4 Å². The lowest BCUT2D eigenvalue weighted by atomic mass is 9.86. The van der Waals surface area contributed by atoms with Crippen LogP contribution in [0.5, 0.6) is 0 Å². The van der Waals surface area contributed by atoms with E-state index in [4.69, 9.17) is 0 Å². The molecular weight excluding hydrogens is 194 g/mol. The van der Waals surface area contributed by atoms with Crippen molar-refractivity contribution in [2.45, 2.75) is 45.4 Å². The van der Waals surface area contributed by atoms with Crippen LogP contribution in [0.3, 0.4) is 0 Å². The summed E-state index contributed by atoms with van der Waals surface area (Å²) in [4.78, 5) is 0. The molecule has 16 heavy (non-hydrogen) atoms. The molecule has 1 nitrogen and oxygen atoms in total. The van der Waals surface area contributed by atoms with Gasteiger partial charge >= 0.3 is 0 Å². The zero-order chi connectivity index (χ0) is 11.5. The summed E-state index contributed by atoms with van der Waals surface area (Å²) in [7, 11) is 0. The summed E-state index contributed by atoms with van der Waals surface area (Å²) in [5.74, 6) is 1.42. The second-order valence-electron chi connectivity index (χ2n) is 5.29. The van der Waals surface area contributed by atoms with E-state index >= 15 is 0 Å². The molecule has 0 aliphatic carbocycles. The van der Waals surface area contributed by atoms with Crippen molar-refractivity contribution < 1.29 is 0 Å². The lowest BCUT2D eigenvalue weighted by Gasteiger charge is -2.25. The third-order valence-electron chi connectivity index (χ3n) is 3.74. The van der Waals surface area contributed by atoms with Gasteiger partial charge in [-0.25, -0.2) is 0 Å². The van der Waals surface area contributed by atoms with E-state index in [0.29, 0.717) is 5.92 Å². The fourth-order valence-electron chi connectivity index (χ4n) is 2.65. The van der Waals surface area contributed by atoms with Gasteiger partial charge in [-0.1, -0.05) is 32.0 Å². The molecule has 1 saturated heterocycles. The van der Waals surface area contributed by atoms with Crippen molar-refractivity contribution in [2.75, 3.05) is 13.1 Å². The van der Waals surface area contributed by atoms with Crippen LogP contribution in [0, 0.1) is 6.92 Å². The lowest BCUT2D eigenvalue weighted by molar-refractivity contribution is 0.459. The van der Waals surface area contributed by atoms with E-state index in [0.717, 1.165) is 5.92 Å². The van der Waals surface area contributed by atoms with Crippen molar-refractivity contribution in [1.29, 1.82) is 0 Å². The summed E-state index contributed by atoms with van der Waals surface area (Å²) >= 11 is 0. The molecule has 0 aromatic heterocycles. The smallest absolute Gasteiger partial charge is 0.00431 e. The molecule has 0 spiro atoms. The van der Waals surface area contributed by atoms with Crippen LogP contribution in [0.2, 0.25) is 0 Å². The van der Waals surface area contributed by atoms with Gasteiger partial charge in [0, 0.05) is 0 Å². The minimum atomic E-state index is 0.640. The van der Waals surface area contributed by atoms with Gasteiger partial charge in [0.25, 0.3) is 0 Å². The van der Waals surface area contributed by atoms with E-state index in [1.54, 1.807) is 5.56 Å². The van der Waals surface area contributed by atoms with E-state index in [1.165, 1.54) is 37.1 Å². The number of hydrogen-bond acceptors (Lipinski definition) is 1. The predicted molar refractivity (Wildman–Crippen MR) is 70.1 cm³/mol. The molecule has 1 heteroatoms. The molecule has 0 unspecified atom stereocenters. The summed E-state index contributed by atoms with van der Waals surface area (Å²) in [5, 5.41) is 3.43. The topological polar surface area (TPSA) is 12.0 Å². The van der Waals surface area contributed by atoms with Crippen LogP contribution < -0.4 is 5.32 Å². The van der Waals surface area contributed by atoms with Crippen molar-refractivity contribution in [3.05, 3.63) is 34.9 Å². The Labute approximate surface area is 99.3 Å². The Morgan fingerprint density at radius 3 is 2.44 bits per heavy atom. The molecule has 2 rings (SSSR count). The maximum atomic E-state index is 3.43. The second-order valence-corrected chi connectivity index (χ2v) is 5.29.